The van der Waals surface area contributed by atoms with Gasteiger partial charge in [-0.05, 0) is 116 Å². The lowest BCUT2D eigenvalue weighted by Crippen LogP contribution is -2.40. The summed E-state index contributed by atoms with van der Waals surface area (Å²) in [7, 11) is -2.31. The Morgan fingerprint density at radius 3 is 1.38 bits per heavy atom. The number of allylic oxidation sites excluding steroid dienone is 8. The van der Waals surface area contributed by atoms with E-state index in [0.717, 1.165) is 77.5 Å². The molecule has 0 aromatic rings. The van der Waals surface area contributed by atoms with Crippen molar-refractivity contribution in [2.24, 2.45) is 0 Å². The highest BCUT2D eigenvalue weighted by atomic mass is 28.4. The number of nitrogens with zero attached hydrogens (tertiary/aromatic N) is 1. The predicted octanol–water partition coefficient (Wildman–Crippen LogP) is 13.5. The number of unbranched alkanes of at least 4 members (excludes halogenated alkanes) is 20. The first kappa shape index (κ1) is 53.9. The first-order chi connectivity index (χ1) is 27.0. The largest absolute Gasteiger partial charge is 0.395 e. The van der Waals surface area contributed by atoms with Gasteiger partial charge in [-0.25, -0.2) is 0 Å². The monoisotopic (exact) mass is 792 g/mol. The molecule has 0 aliphatic rings. The molecule has 0 radical (unpaired) electrons. The van der Waals surface area contributed by atoms with Crippen LogP contribution in [0.3, 0.4) is 0 Å². The Balaban J connectivity index is 4.39. The van der Waals surface area contributed by atoms with Gasteiger partial charge in [-0.15, -0.1) is 0 Å². The SMILES string of the molecule is CCCCC/C=C\C/C=C\CCCCCCCCOC(CCCCCCC/C=C\C/C=C\CCCCC)O[Si](C)(C)OCCCCCCN(CCO)CCO. The maximum atomic E-state index is 9.22. The van der Waals surface area contributed by atoms with E-state index in [1.54, 1.807) is 0 Å². The quantitative estimate of drug-likeness (QED) is 0.0277. The predicted molar refractivity (Wildman–Crippen MR) is 242 cm³/mol. The van der Waals surface area contributed by atoms with Gasteiger partial charge in [0.15, 0.2) is 0 Å². The second kappa shape index (κ2) is 44.0. The number of ether oxygens (including phenoxy) is 1. The second-order valence-electron chi connectivity index (χ2n) is 16.0. The molecule has 6 nitrogen and oxygen atoms in total. The number of aliphatic hydroxyl groups excluding tert-OH is 2. The van der Waals surface area contributed by atoms with Crippen LogP contribution >= 0.6 is 0 Å². The van der Waals surface area contributed by atoms with Crippen LogP contribution in [0.4, 0.5) is 0 Å². The van der Waals surface area contributed by atoms with E-state index < -0.39 is 8.56 Å². The zero-order valence-electron chi connectivity index (χ0n) is 37.0. The van der Waals surface area contributed by atoms with Crippen molar-refractivity contribution in [3.8, 4) is 0 Å². The lowest BCUT2D eigenvalue weighted by molar-refractivity contribution is -0.104. The Morgan fingerprint density at radius 2 is 0.891 bits per heavy atom. The molecular formula is C48H93NO5Si. The fourth-order valence-electron chi connectivity index (χ4n) is 6.68. The Kier molecular flexibility index (Phi) is 43.2. The molecule has 2 N–H and O–H groups in total. The molecule has 0 aromatic heterocycles. The van der Waals surface area contributed by atoms with E-state index in [-0.39, 0.29) is 19.5 Å². The smallest absolute Gasteiger partial charge is 0.333 e. The maximum Gasteiger partial charge on any atom is 0.333 e. The number of hydrogen-bond donors (Lipinski definition) is 2. The summed E-state index contributed by atoms with van der Waals surface area (Å²) in [4.78, 5) is 2.13. The fourth-order valence-corrected chi connectivity index (χ4v) is 8.20. The topological polar surface area (TPSA) is 71.4 Å². The van der Waals surface area contributed by atoms with E-state index in [1.165, 1.54) is 122 Å². The van der Waals surface area contributed by atoms with Gasteiger partial charge in [-0.3, -0.25) is 4.90 Å². The van der Waals surface area contributed by atoms with Crippen molar-refractivity contribution >= 4 is 8.56 Å². The minimum atomic E-state index is -2.31. The summed E-state index contributed by atoms with van der Waals surface area (Å²) >= 11 is 0. The molecule has 324 valence electrons. The third-order valence-corrected chi connectivity index (χ3v) is 11.8. The molecule has 1 unspecified atom stereocenters. The Hall–Kier alpha value is -1.06. The van der Waals surface area contributed by atoms with Gasteiger partial charge in [0.25, 0.3) is 0 Å². The molecule has 0 saturated carbocycles. The van der Waals surface area contributed by atoms with Crippen LogP contribution in [0.15, 0.2) is 48.6 Å². The normalized spacial score (nSPS) is 13.3. The van der Waals surface area contributed by atoms with Crippen molar-refractivity contribution in [3.05, 3.63) is 48.6 Å². The molecule has 0 aliphatic heterocycles. The third kappa shape index (κ3) is 42.4. The Morgan fingerprint density at radius 1 is 0.473 bits per heavy atom. The Bertz CT molecular complexity index is 870. The zero-order chi connectivity index (χ0) is 40.2. The molecule has 7 heteroatoms. The fraction of sp³-hybridized carbons (Fsp3) is 0.833. The van der Waals surface area contributed by atoms with E-state index in [4.69, 9.17) is 13.6 Å². The third-order valence-electron chi connectivity index (χ3n) is 10.1. The molecule has 1 atom stereocenters. The van der Waals surface area contributed by atoms with Gasteiger partial charge < -0.3 is 23.8 Å². The summed E-state index contributed by atoms with van der Waals surface area (Å²) in [6, 6.07) is 0. The van der Waals surface area contributed by atoms with E-state index >= 15 is 0 Å². The first-order valence-corrected chi connectivity index (χ1v) is 26.3. The van der Waals surface area contributed by atoms with Gasteiger partial charge in [0.1, 0.15) is 6.29 Å². The van der Waals surface area contributed by atoms with Crippen LogP contribution in [-0.2, 0) is 13.6 Å². The first-order valence-electron chi connectivity index (χ1n) is 23.5. The van der Waals surface area contributed by atoms with Crippen LogP contribution in [0.25, 0.3) is 0 Å². The standard InChI is InChI=1S/C48H93NO5Si/c1-5-7-9-11-13-15-17-19-21-23-25-27-29-31-34-38-46-52-48(40-36-32-30-28-26-24-22-20-18-16-14-12-10-8-6-2)54-55(3,4)53-47-39-35-33-37-41-49(42-44-50)43-45-51/h13-16,19-22,48,50-51H,5-12,17-18,23-47H2,1-4H3/b15-13-,16-14-,21-19-,22-20-. The molecular weight excluding hydrogens is 699 g/mol. The van der Waals surface area contributed by atoms with Crippen molar-refractivity contribution in [2.75, 3.05) is 46.1 Å². The lowest BCUT2D eigenvalue weighted by Gasteiger charge is -2.29. The van der Waals surface area contributed by atoms with Crippen molar-refractivity contribution in [1.29, 1.82) is 0 Å². The molecule has 0 aliphatic carbocycles. The van der Waals surface area contributed by atoms with Crippen molar-refractivity contribution < 1.29 is 23.8 Å². The number of rotatable bonds is 44. The van der Waals surface area contributed by atoms with Crippen LogP contribution in [0.2, 0.25) is 13.1 Å². The summed E-state index contributed by atoms with van der Waals surface area (Å²) in [5, 5.41) is 18.4. The maximum absolute atomic E-state index is 9.22. The summed E-state index contributed by atoms with van der Waals surface area (Å²) in [6.45, 7) is 12.8. The van der Waals surface area contributed by atoms with Crippen molar-refractivity contribution in [1.82, 2.24) is 4.90 Å². The van der Waals surface area contributed by atoms with E-state index in [9.17, 15) is 10.2 Å². The van der Waals surface area contributed by atoms with Crippen LogP contribution in [0.5, 0.6) is 0 Å². The molecule has 0 heterocycles. The lowest BCUT2D eigenvalue weighted by atomic mass is 10.1. The highest BCUT2D eigenvalue weighted by Crippen LogP contribution is 2.19. The second-order valence-corrected chi connectivity index (χ2v) is 19.3. The highest BCUT2D eigenvalue weighted by molar-refractivity contribution is 6.64. The van der Waals surface area contributed by atoms with Gasteiger partial charge >= 0.3 is 8.56 Å². The van der Waals surface area contributed by atoms with Crippen LogP contribution in [0, 0.1) is 0 Å². The molecule has 0 amide bonds. The average Bonchev–Trinajstić information content (AvgIpc) is 3.17. The molecule has 0 fully saturated rings. The minimum Gasteiger partial charge on any atom is -0.395 e. The molecule has 0 spiro atoms. The summed E-state index contributed by atoms with van der Waals surface area (Å²) in [6.07, 6.45) is 52.5. The highest BCUT2D eigenvalue weighted by Gasteiger charge is 2.29. The van der Waals surface area contributed by atoms with Gasteiger partial charge in [0, 0.05) is 26.3 Å². The summed E-state index contributed by atoms with van der Waals surface area (Å²) in [5.41, 5.74) is 0. The average molecular weight is 792 g/mol. The van der Waals surface area contributed by atoms with Crippen LogP contribution < -0.4 is 0 Å². The van der Waals surface area contributed by atoms with Gasteiger partial charge in [-0.2, -0.15) is 0 Å². The summed E-state index contributed by atoms with van der Waals surface area (Å²) < 4.78 is 19.4. The van der Waals surface area contributed by atoms with Crippen molar-refractivity contribution in [3.63, 3.8) is 0 Å². The van der Waals surface area contributed by atoms with Gasteiger partial charge in [0.05, 0.1) is 13.2 Å². The number of aliphatic hydroxyl groups is 2. The van der Waals surface area contributed by atoms with Crippen LogP contribution in [-0.4, -0.2) is 76.0 Å². The molecule has 0 aromatic carbocycles. The van der Waals surface area contributed by atoms with E-state index in [2.05, 4.69) is 80.4 Å². The van der Waals surface area contributed by atoms with Crippen molar-refractivity contribution in [2.45, 2.75) is 213 Å². The minimum absolute atomic E-state index is 0.143. The van der Waals surface area contributed by atoms with E-state index in [1.807, 2.05) is 0 Å². The molecule has 0 saturated heterocycles. The molecule has 0 rings (SSSR count). The molecule has 0 bridgehead atoms. The van der Waals surface area contributed by atoms with Gasteiger partial charge in [-0.1, -0.05) is 146 Å². The zero-order valence-corrected chi connectivity index (χ0v) is 38.0. The Labute approximate surface area is 343 Å². The van der Waals surface area contributed by atoms with Gasteiger partial charge in [0.2, 0.25) is 0 Å². The number of hydrogen-bond acceptors (Lipinski definition) is 6. The molecule has 55 heavy (non-hydrogen) atoms. The summed E-state index contributed by atoms with van der Waals surface area (Å²) in [5.74, 6) is 0. The van der Waals surface area contributed by atoms with Crippen LogP contribution in [0.1, 0.15) is 194 Å². The van der Waals surface area contributed by atoms with E-state index in [0.29, 0.717) is 13.1 Å².